The molecule has 17 heavy (non-hydrogen) atoms. The fourth-order valence-corrected chi connectivity index (χ4v) is 3.81. The van der Waals surface area contributed by atoms with E-state index >= 15 is 0 Å². The molecular formula is C11H19NO4S. The topological polar surface area (TPSA) is 74.7 Å². The lowest BCUT2D eigenvalue weighted by molar-refractivity contribution is -0.143. The summed E-state index contributed by atoms with van der Waals surface area (Å²) >= 11 is 0. The van der Waals surface area contributed by atoms with Crippen molar-refractivity contribution in [2.75, 3.05) is 25.1 Å². The zero-order chi connectivity index (χ0) is 12.6. The first-order valence-electron chi connectivity index (χ1n) is 6.03. The monoisotopic (exact) mass is 261 g/mol. The number of carbonyl (C=O) groups is 1. The molecule has 0 amide bonds. The van der Waals surface area contributed by atoms with Crippen molar-refractivity contribution in [2.45, 2.75) is 25.3 Å². The predicted octanol–water partition coefficient (Wildman–Crippen LogP) is 0.216. The van der Waals surface area contributed by atoms with Gasteiger partial charge in [-0.25, -0.2) is 8.42 Å². The maximum absolute atomic E-state index is 11.3. The predicted molar refractivity (Wildman–Crippen MR) is 63.5 cm³/mol. The summed E-state index contributed by atoms with van der Waals surface area (Å²) in [5.74, 6) is -0.0634. The lowest BCUT2D eigenvalue weighted by Crippen LogP contribution is -2.41. The first-order chi connectivity index (χ1) is 7.88. The molecule has 6 heteroatoms. The SMILES string of the molecule is CS(=O)(=O)CCN1CC2CCCC2C1C(=O)O. The van der Waals surface area contributed by atoms with E-state index in [-0.39, 0.29) is 11.7 Å². The fourth-order valence-electron chi connectivity index (χ4n) is 3.25. The molecule has 0 aromatic heterocycles. The maximum Gasteiger partial charge on any atom is 0.321 e. The van der Waals surface area contributed by atoms with Gasteiger partial charge >= 0.3 is 5.97 Å². The van der Waals surface area contributed by atoms with Gasteiger partial charge in [0.05, 0.1) is 5.75 Å². The van der Waals surface area contributed by atoms with Gasteiger partial charge in [-0.15, -0.1) is 0 Å². The number of hydrogen-bond donors (Lipinski definition) is 1. The Labute approximate surface area is 102 Å². The maximum atomic E-state index is 11.3. The summed E-state index contributed by atoms with van der Waals surface area (Å²) in [6.07, 6.45) is 4.36. The summed E-state index contributed by atoms with van der Waals surface area (Å²) in [5.41, 5.74) is 0. The van der Waals surface area contributed by atoms with Crippen LogP contribution in [0.25, 0.3) is 0 Å². The number of likely N-dealkylation sites (tertiary alicyclic amines) is 1. The van der Waals surface area contributed by atoms with Gasteiger partial charge < -0.3 is 5.11 Å². The molecular weight excluding hydrogens is 242 g/mol. The summed E-state index contributed by atoms with van der Waals surface area (Å²) in [6.45, 7) is 1.10. The molecule has 0 aromatic carbocycles. The number of fused-ring (bicyclic) bond motifs is 1. The second kappa shape index (κ2) is 4.57. The molecule has 5 nitrogen and oxygen atoms in total. The minimum atomic E-state index is -3.02. The van der Waals surface area contributed by atoms with E-state index in [1.165, 1.54) is 6.26 Å². The van der Waals surface area contributed by atoms with Gasteiger partial charge in [-0.3, -0.25) is 9.69 Å². The number of sulfone groups is 1. The second-order valence-corrected chi connectivity index (χ2v) is 7.52. The van der Waals surface area contributed by atoms with Crippen molar-refractivity contribution in [3.05, 3.63) is 0 Å². The number of nitrogens with zero attached hydrogens (tertiary/aromatic N) is 1. The van der Waals surface area contributed by atoms with E-state index in [4.69, 9.17) is 0 Å². The third kappa shape index (κ3) is 2.80. The van der Waals surface area contributed by atoms with E-state index < -0.39 is 21.8 Å². The highest BCUT2D eigenvalue weighted by Gasteiger charge is 2.47. The molecule has 0 radical (unpaired) electrons. The Morgan fingerprint density at radius 1 is 1.41 bits per heavy atom. The normalized spacial score (nSPS) is 33.8. The zero-order valence-electron chi connectivity index (χ0n) is 10.0. The minimum absolute atomic E-state index is 0.0518. The Kier molecular flexibility index (Phi) is 3.45. The van der Waals surface area contributed by atoms with Crippen molar-refractivity contribution in [1.29, 1.82) is 0 Å². The van der Waals surface area contributed by atoms with Crippen LogP contribution < -0.4 is 0 Å². The fraction of sp³-hybridized carbons (Fsp3) is 0.909. The molecule has 1 aliphatic carbocycles. The molecule has 1 saturated carbocycles. The Balaban J connectivity index is 2.04. The van der Waals surface area contributed by atoms with E-state index in [0.29, 0.717) is 12.5 Å². The lowest BCUT2D eigenvalue weighted by atomic mass is 9.94. The zero-order valence-corrected chi connectivity index (χ0v) is 10.8. The summed E-state index contributed by atoms with van der Waals surface area (Å²) < 4.78 is 22.3. The molecule has 98 valence electrons. The van der Waals surface area contributed by atoms with Crippen molar-refractivity contribution < 1.29 is 18.3 Å². The quantitative estimate of drug-likeness (QED) is 0.783. The Morgan fingerprint density at radius 3 is 2.71 bits per heavy atom. The number of hydrogen-bond acceptors (Lipinski definition) is 4. The van der Waals surface area contributed by atoms with Crippen LogP contribution >= 0.6 is 0 Å². The number of rotatable bonds is 4. The van der Waals surface area contributed by atoms with Crippen molar-refractivity contribution in [3.8, 4) is 0 Å². The third-order valence-corrected chi connectivity index (χ3v) is 4.91. The molecule has 1 aliphatic heterocycles. The number of carboxylic acid groups (broad SMARTS) is 1. The van der Waals surface area contributed by atoms with E-state index in [1.807, 2.05) is 4.90 Å². The standard InChI is InChI=1S/C11H19NO4S/c1-17(15,16)6-5-12-7-8-3-2-4-9(8)10(12)11(13)14/h8-10H,2-7H2,1H3,(H,13,14). The van der Waals surface area contributed by atoms with E-state index in [2.05, 4.69) is 0 Å². The van der Waals surface area contributed by atoms with Crippen LogP contribution in [0.3, 0.4) is 0 Å². The summed E-state index contributed by atoms with van der Waals surface area (Å²) in [6, 6.07) is -0.468. The minimum Gasteiger partial charge on any atom is -0.480 e. The van der Waals surface area contributed by atoms with Crippen LogP contribution in [0.5, 0.6) is 0 Å². The van der Waals surface area contributed by atoms with Crippen LogP contribution in [-0.4, -0.2) is 55.5 Å². The summed E-state index contributed by atoms with van der Waals surface area (Å²) in [7, 11) is -3.02. The van der Waals surface area contributed by atoms with E-state index in [1.54, 1.807) is 0 Å². The van der Waals surface area contributed by atoms with Crippen molar-refractivity contribution in [2.24, 2.45) is 11.8 Å². The van der Waals surface area contributed by atoms with Gasteiger partial charge in [0.1, 0.15) is 15.9 Å². The highest BCUT2D eigenvalue weighted by molar-refractivity contribution is 7.90. The van der Waals surface area contributed by atoms with Gasteiger partial charge in [-0.2, -0.15) is 0 Å². The van der Waals surface area contributed by atoms with Crippen LogP contribution in [0.4, 0.5) is 0 Å². The molecule has 0 bridgehead atoms. The molecule has 1 heterocycles. The lowest BCUT2D eigenvalue weighted by Gasteiger charge is -2.23. The van der Waals surface area contributed by atoms with Crippen LogP contribution in [-0.2, 0) is 14.6 Å². The van der Waals surface area contributed by atoms with Gasteiger partial charge in [0.2, 0.25) is 0 Å². The molecule has 1 saturated heterocycles. The smallest absolute Gasteiger partial charge is 0.321 e. The first kappa shape index (κ1) is 12.8. The largest absolute Gasteiger partial charge is 0.480 e. The second-order valence-electron chi connectivity index (χ2n) is 5.26. The molecule has 3 atom stereocenters. The van der Waals surface area contributed by atoms with E-state index in [0.717, 1.165) is 25.8 Å². The number of carboxylic acids is 1. The molecule has 2 aliphatic rings. The Bertz CT molecular complexity index is 406. The van der Waals surface area contributed by atoms with Crippen LogP contribution in [0.15, 0.2) is 0 Å². The van der Waals surface area contributed by atoms with Crippen molar-refractivity contribution >= 4 is 15.8 Å². The highest BCUT2D eigenvalue weighted by atomic mass is 32.2. The average molecular weight is 261 g/mol. The van der Waals surface area contributed by atoms with Crippen LogP contribution in [0, 0.1) is 11.8 Å². The van der Waals surface area contributed by atoms with Crippen molar-refractivity contribution in [3.63, 3.8) is 0 Å². The van der Waals surface area contributed by atoms with Gasteiger partial charge in [-0.1, -0.05) is 6.42 Å². The van der Waals surface area contributed by atoms with Gasteiger partial charge in [0, 0.05) is 19.3 Å². The van der Waals surface area contributed by atoms with Crippen LogP contribution in [0.2, 0.25) is 0 Å². The number of aliphatic carboxylic acids is 1. The molecule has 2 rings (SSSR count). The van der Waals surface area contributed by atoms with E-state index in [9.17, 15) is 18.3 Å². The Morgan fingerprint density at radius 2 is 2.12 bits per heavy atom. The molecule has 1 N–H and O–H groups in total. The summed E-state index contributed by atoms with van der Waals surface area (Å²) in [5, 5.41) is 9.27. The Hall–Kier alpha value is -0.620. The van der Waals surface area contributed by atoms with Gasteiger partial charge in [-0.05, 0) is 24.7 Å². The first-order valence-corrected chi connectivity index (χ1v) is 8.09. The average Bonchev–Trinajstić information content (AvgIpc) is 2.70. The molecule has 3 unspecified atom stereocenters. The van der Waals surface area contributed by atoms with Crippen molar-refractivity contribution in [1.82, 2.24) is 4.90 Å². The molecule has 0 spiro atoms. The highest BCUT2D eigenvalue weighted by Crippen LogP contribution is 2.42. The molecule has 0 aromatic rings. The van der Waals surface area contributed by atoms with Gasteiger partial charge in [0.25, 0.3) is 0 Å². The van der Waals surface area contributed by atoms with Gasteiger partial charge in [0.15, 0.2) is 0 Å². The van der Waals surface area contributed by atoms with Crippen LogP contribution in [0.1, 0.15) is 19.3 Å². The summed E-state index contributed by atoms with van der Waals surface area (Å²) in [4.78, 5) is 13.1. The molecule has 2 fully saturated rings. The third-order valence-electron chi connectivity index (χ3n) is 3.99.